The second kappa shape index (κ2) is 7.21. The number of nitrogens with zero attached hydrogens (tertiary/aromatic N) is 6. The molecule has 134 valence electrons. The van der Waals surface area contributed by atoms with E-state index in [-0.39, 0.29) is 11.9 Å². The molecule has 7 heteroatoms. The zero-order valence-corrected chi connectivity index (χ0v) is 15.4. The molecular formula is C18H26N6O. The summed E-state index contributed by atoms with van der Waals surface area (Å²) in [5, 5.41) is 0. The Bertz CT molecular complexity index is 719. The molecule has 1 aliphatic rings. The van der Waals surface area contributed by atoms with Gasteiger partial charge in [-0.05, 0) is 13.8 Å². The van der Waals surface area contributed by atoms with E-state index in [1.54, 1.807) is 12.5 Å². The molecule has 2 aromatic heterocycles. The number of amides is 1. The van der Waals surface area contributed by atoms with E-state index in [2.05, 4.69) is 28.7 Å². The van der Waals surface area contributed by atoms with Crippen molar-refractivity contribution in [3.8, 4) is 0 Å². The van der Waals surface area contributed by atoms with E-state index < -0.39 is 0 Å². The third-order valence-corrected chi connectivity index (χ3v) is 4.62. The Morgan fingerprint density at radius 1 is 1.12 bits per heavy atom. The minimum absolute atomic E-state index is 0.138. The van der Waals surface area contributed by atoms with Crippen LogP contribution in [0.15, 0.2) is 24.8 Å². The van der Waals surface area contributed by atoms with Crippen molar-refractivity contribution in [1.82, 2.24) is 24.4 Å². The van der Waals surface area contributed by atoms with Gasteiger partial charge in [0.2, 0.25) is 5.91 Å². The highest BCUT2D eigenvalue weighted by molar-refractivity contribution is 5.80. The van der Waals surface area contributed by atoms with Gasteiger partial charge in [-0.3, -0.25) is 4.79 Å². The largest absolute Gasteiger partial charge is 0.353 e. The molecule has 25 heavy (non-hydrogen) atoms. The molecule has 0 spiro atoms. The van der Waals surface area contributed by atoms with E-state index in [1.807, 2.05) is 35.6 Å². The first-order valence-corrected chi connectivity index (χ1v) is 8.82. The van der Waals surface area contributed by atoms with Crippen molar-refractivity contribution in [2.45, 2.75) is 39.7 Å². The van der Waals surface area contributed by atoms with Crippen molar-refractivity contribution in [3.63, 3.8) is 0 Å². The van der Waals surface area contributed by atoms with Crippen LogP contribution in [-0.2, 0) is 4.79 Å². The molecule has 0 bridgehead atoms. The van der Waals surface area contributed by atoms with E-state index in [0.29, 0.717) is 19.0 Å². The van der Waals surface area contributed by atoms with Crippen LogP contribution in [0.4, 0.5) is 5.82 Å². The summed E-state index contributed by atoms with van der Waals surface area (Å²) in [6.07, 6.45) is 5.22. The Morgan fingerprint density at radius 2 is 1.84 bits per heavy atom. The zero-order valence-electron chi connectivity index (χ0n) is 15.4. The molecule has 0 aromatic carbocycles. The number of aromatic nitrogens is 4. The first kappa shape index (κ1) is 17.4. The fourth-order valence-electron chi connectivity index (χ4n) is 3.04. The molecule has 1 fully saturated rings. The number of piperazine rings is 1. The number of hydrogen-bond donors (Lipinski definition) is 0. The molecule has 1 atom stereocenters. The molecular weight excluding hydrogens is 316 g/mol. The maximum Gasteiger partial charge on any atom is 0.245 e. The van der Waals surface area contributed by atoms with Gasteiger partial charge in [-0.2, -0.15) is 0 Å². The van der Waals surface area contributed by atoms with Crippen molar-refractivity contribution < 1.29 is 4.79 Å². The third-order valence-electron chi connectivity index (χ3n) is 4.62. The minimum atomic E-state index is -0.220. The molecule has 0 saturated carbocycles. The number of rotatable bonds is 4. The van der Waals surface area contributed by atoms with Crippen LogP contribution in [0, 0.1) is 6.92 Å². The maximum absolute atomic E-state index is 12.7. The number of imidazole rings is 1. The lowest BCUT2D eigenvalue weighted by molar-refractivity contribution is -0.134. The second-order valence-electron chi connectivity index (χ2n) is 6.88. The predicted molar refractivity (Wildman–Crippen MR) is 96.6 cm³/mol. The van der Waals surface area contributed by atoms with Gasteiger partial charge in [0.25, 0.3) is 0 Å². The normalized spacial score (nSPS) is 16.4. The quantitative estimate of drug-likeness (QED) is 0.850. The lowest BCUT2D eigenvalue weighted by Gasteiger charge is -2.36. The molecule has 2 aromatic rings. The fraction of sp³-hybridized carbons (Fsp3) is 0.556. The van der Waals surface area contributed by atoms with Gasteiger partial charge in [-0.25, -0.2) is 15.0 Å². The highest BCUT2D eigenvalue weighted by Gasteiger charge is 2.26. The van der Waals surface area contributed by atoms with Crippen molar-refractivity contribution in [3.05, 3.63) is 36.3 Å². The second-order valence-corrected chi connectivity index (χ2v) is 6.88. The van der Waals surface area contributed by atoms with Gasteiger partial charge in [-0.1, -0.05) is 13.8 Å². The monoisotopic (exact) mass is 342 g/mol. The van der Waals surface area contributed by atoms with E-state index in [1.165, 1.54) is 0 Å². The molecule has 1 saturated heterocycles. The van der Waals surface area contributed by atoms with Crippen LogP contribution in [-0.4, -0.2) is 56.5 Å². The Balaban J connectivity index is 1.65. The van der Waals surface area contributed by atoms with E-state index in [9.17, 15) is 4.79 Å². The van der Waals surface area contributed by atoms with Crippen molar-refractivity contribution >= 4 is 11.7 Å². The Kier molecular flexibility index (Phi) is 5.01. The first-order chi connectivity index (χ1) is 12.0. The van der Waals surface area contributed by atoms with Crippen molar-refractivity contribution in [2.75, 3.05) is 31.1 Å². The molecule has 0 radical (unpaired) electrons. The van der Waals surface area contributed by atoms with Gasteiger partial charge < -0.3 is 14.4 Å². The van der Waals surface area contributed by atoms with Crippen LogP contribution < -0.4 is 4.90 Å². The predicted octanol–water partition coefficient (Wildman–Crippen LogP) is 2.01. The summed E-state index contributed by atoms with van der Waals surface area (Å²) in [5.41, 5.74) is 0.987. The molecule has 1 unspecified atom stereocenters. The van der Waals surface area contributed by atoms with E-state index in [4.69, 9.17) is 4.98 Å². The van der Waals surface area contributed by atoms with Gasteiger partial charge in [-0.15, -0.1) is 0 Å². The molecule has 0 N–H and O–H groups in total. The van der Waals surface area contributed by atoms with Gasteiger partial charge in [0, 0.05) is 56.3 Å². The summed E-state index contributed by atoms with van der Waals surface area (Å²) < 4.78 is 1.84. The summed E-state index contributed by atoms with van der Waals surface area (Å²) >= 11 is 0. The number of carbonyl (C=O) groups is 1. The number of aryl methyl sites for hydroxylation is 1. The molecule has 1 amide bonds. The lowest BCUT2D eigenvalue weighted by Crippen LogP contribution is -2.50. The average Bonchev–Trinajstić information content (AvgIpc) is 3.14. The summed E-state index contributed by atoms with van der Waals surface area (Å²) in [7, 11) is 0. The van der Waals surface area contributed by atoms with Crippen LogP contribution in [0.5, 0.6) is 0 Å². The molecule has 7 nitrogen and oxygen atoms in total. The van der Waals surface area contributed by atoms with E-state index >= 15 is 0 Å². The maximum atomic E-state index is 12.7. The Hall–Kier alpha value is -2.44. The molecule has 1 aliphatic heterocycles. The topological polar surface area (TPSA) is 67.2 Å². The van der Waals surface area contributed by atoms with Crippen LogP contribution in [0.25, 0.3) is 0 Å². The van der Waals surface area contributed by atoms with Crippen LogP contribution in [0.1, 0.15) is 44.2 Å². The van der Waals surface area contributed by atoms with Gasteiger partial charge in [0.05, 0.1) is 6.33 Å². The standard InChI is InChI=1S/C18H26N6O/c1-13(2)17-20-14(3)11-16(21-17)22-7-9-23(10-8-22)18(25)15(4)24-6-5-19-12-24/h5-6,11-13,15H,7-10H2,1-4H3. The highest BCUT2D eigenvalue weighted by Crippen LogP contribution is 2.19. The SMILES string of the molecule is Cc1cc(N2CCN(C(=O)C(C)n3ccnc3)CC2)nc(C(C)C)n1. The van der Waals surface area contributed by atoms with Crippen LogP contribution in [0.3, 0.4) is 0 Å². The lowest BCUT2D eigenvalue weighted by atomic mass is 10.2. The fourth-order valence-corrected chi connectivity index (χ4v) is 3.04. The highest BCUT2D eigenvalue weighted by atomic mass is 16.2. The summed E-state index contributed by atoms with van der Waals surface area (Å²) in [6.45, 7) is 11.1. The summed E-state index contributed by atoms with van der Waals surface area (Å²) in [4.78, 5) is 30.1. The summed E-state index contributed by atoms with van der Waals surface area (Å²) in [6, 6.07) is 1.81. The first-order valence-electron chi connectivity index (χ1n) is 8.82. The Labute approximate surface area is 148 Å². The van der Waals surface area contributed by atoms with Gasteiger partial charge in [0.1, 0.15) is 17.7 Å². The molecule has 3 heterocycles. The zero-order chi connectivity index (χ0) is 18.0. The molecule has 3 rings (SSSR count). The number of carbonyl (C=O) groups excluding carboxylic acids is 1. The van der Waals surface area contributed by atoms with Crippen LogP contribution >= 0.6 is 0 Å². The Morgan fingerprint density at radius 3 is 2.44 bits per heavy atom. The van der Waals surface area contributed by atoms with E-state index in [0.717, 1.165) is 30.4 Å². The average molecular weight is 342 g/mol. The minimum Gasteiger partial charge on any atom is -0.353 e. The van der Waals surface area contributed by atoms with Crippen molar-refractivity contribution in [1.29, 1.82) is 0 Å². The van der Waals surface area contributed by atoms with Gasteiger partial charge >= 0.3 is 0 Å². The van der Waals surface area contributed by atoms with Gasteiger partial charge in [0.15, 0.2) is 0 Å². The number of hydrogen-bond acceptors (Lipinski definition) is 5. The summed E-state index contributed by atoms with van der Waals surface area (Å²) in [5.74, 6) is 2.28. The third kappa shape index (κ3) is 3.81. The van der Waals surface area contributed by atoms with Crippen LogP contribution in [0.2, 0.25) is 0 Å². The smallest absolute Gasteiger partial charge is 0.245 e. The molecule has 0 aliphatic carbocycles. The van der Waals surface area contributed by atoms with Crippen molar-refractivity contribution in [2.24, 2.45) is 0 Å². The number of anilines is 1.